The minimum absolute atomic E-state index is 0.190. The summed E-state index contributed by atoms with van der Waals surface area (Å²) in [6, 6.07) is 12.3. The fourth-order valence-electron chi connectivity index (χ4n) is 2.82. The average Bonchev–Trinajstić information content (AvgIpc) is 2.58. The Morgan fingerprint density at radius 3 is 2.30 bits per heavy atom. The number of pyridine rings is 1. The Labute approximate surface area is 136 Å². The third-order valence-corrected chi connectivity index (χ3v) is 5.99. The van der Waals surface area contributed by atoms with Crippen LogP contribution in [0.5, 0.6) is 0 Å². The minimum Gasteiger partial charge on any atom is -0.310 e. The zero-order chi connectivity index (χ0) is 16.3. The van der Waals surface area contributed by atoms with Crippen molar-refractivity contribution in [2.45, 2.75) is 30.7 Å². The second kappa shape index (κ2) is 6.68. The van der Waals surface area contributed by atoms with Crippen LogP contribution in [-0.2, 0) is 16.6 Å². The highest BCUT2D eigenvalue weighted by Gasteiger charge is 2.26. The zero-order valence-electron chi connectivity index (χ0n) is 12.9. The number of hydrogen-bond acceptors (Lipinski definition) is 3. The molecule has 0 atom stereocenters. The van der Waals surface area contributed by atoms with Crippen molar-refractivity contribution in [3.8, 4) is 0 Å². The second-order valence-corrected chi connectivity index (χ2v) is 7.72. The smallest absolute Gasteiger partial charge is 0.250 e. The molecule has 23 heavy (non-hydrogen) atoms. The monoisotopic (exact) mass is 332 g/mol. The van der Waals surface area contributed by atoms with Gasteiger partial charge in [-0.25, -0.2) is 8.42 Å². The molecule has 122 valence electrons. The van der Waals surface area contributed by atoms with Crippen molar-refractivity contribution >= 4 is 10.0 Å². The van der Waals surface area contributed by atoms with Crippen LogP contribution in [0.25, 0.3) is 0 Å². The maximum atomic E-state index is 12.7. The number of rotatable bonds is 4. The predicted octanol–water partition coefficient (Wildman–Crippen LogP) is 2.07. The van der Waals surface area contributed by atoms with Gasteiger partial charge in [-0.05, 0) is 24.5 Å². The molecule has 0 bridgehead atoms. The van der Waals surface area contributed by atoms with Gasteiger partial charge in [0.05, 0.1) is 11.4 Å². The van der Waals surface area contributed by atoms with Crippen molar-refractivity contribution in [1.29, 1.82) is 0 Å². The van der Waals surface area contributed by atoms with Gasteiger partial charge in [-0.3, -0.25) is 4.79 Å². The van der Waals surface area contributed by atoms with Crippen LogP contribution in [0, 0.1) is 0 Å². The highest BCUT2D eigenvalue weighted by Crippen LogP contribution is 2.19. The van der Waals surface area contributed by atoms with Gasteiger partial charge < -0.3 is 4.57 Å². The van der Waals surface area contributed by atoms with Crippen LogP contribution in [0.2, 0.25) is 0 Å². The van der Waals surface area contributed by atoms with Gasteiger partial charge in [0.2, 0.25) is 10.0 Å². The number of sulfonamides is 1. The molecule has 0 N–H and O–H groups in total. The summed E-state index contributed by atoms with van der Waals surface area (Å²) in [7, 11) is -3.52. The van der Waals surface area contributed by atoms with Crippen LogP contribution in [0.1, 0.15) is 24.8 Å². The summed E-state index contributed by atoms with van der Waals surface area (Å²) in [6.07, 6.45) is 4.31. The van der Waals surface area contributed by atoms with Crippen LogP contribution in [-0.4, -0.2) is 30.4 Å². The number of hydrogen-bond donors (Lipinski definition) is 0. The van der Waals surface area contributed by atoms with E-state index in [-0.39, 0.29) is 10.5 Å². The second-order valence-electron chi connectivity index (χ2n) is 5.78. The molecule has 0 aliphatic carbocycles. The molecule has 6 heteroatoms. The molecule has 1 aromatic heterocycles. The molecule has 0 spiro atoms. The Balaban J connectivity index is 1.92. The van der Waals surface area contributed by atoms with Gasteiger partial charge in [0.15, 0.2) is 0 Å². The normalized spacial score (nSPS) is 16.3. The summed E-state index contributed by atoms with van der Waals surface area (Å²) < 4.78 is 28.4. The fraction of sp³-hybridized carbons (Fsp3) is 0.353. The van der Waals surface area contributed by atoms with E-state index in [1.807, 2.05) is 30.3 Å². The molecule has 2 aromatic rings. The van der Waals surface area contributed by atoms with E-state index in [2.05, 4.69) is 0 Å². The van der Waals surface area contributed by atoms with E-state index in [0.29, 0.717) is 19.6 Å². The lowest BCUT2D eigenvalue weighted by Gasteiger charge is -2.26. The molecule has 1 aliphatic heterocycles. The van der Waals surface area contributed by atoms with Crippen molar-refractivity contribution in [3.05, 3.63) is 64.6 Å². The Morgan fingerprint density at radius 2 is 1.61 bits per heavy atom. The van der Waals surface area contributed by atoms with Crippen LogP contribution in [0.4, 0.5) is 0 Å². The third-order valence-electron chi connectivity index (χ3n) is 4.10. The maximum Gasteiger partial charge on any atom is 0.250 e. The van der Waals surface area contributed by atoms with Crippen molar-refractivity contribution in [2.75, 3.05) is 13.1 Å². The molecule has 0 saturated carbocycles. The first-order valence-corrected chi connectivity index (χ1v) is 9.26. The van der Waals surface area contributed by atoms with Gasteiger partial charge in [0.25, 0.3) is 5.56 Å². The molecule has 0 radical (unpaired) electrons. The standard InChI is InChI=1S/C17H20N2O3S/c20-17-10-9-16(23(21,22)19-11-5-2-6-12-19)14-18(17)13-15-7-3-1-4-8-15/h1,3-4,7-10,14H,2,5-6,11-13H2. The molecule has 2 heterocycles. The van der Waals surface area contributed by atoms with Gasteiger partial charge >= 0.3 is 0 Å². The molecule has 0 unspecified atom stereocenters. The number of piperidine rings is 1. The van der Waals surface area contributed by atoms with Gasteiger partial charge in [-0.2, -0.15) is 4.31 Å². The lowest BCUT2D eigenvalue weighted by Crippen LogP contribution is -2.36. The van der Waals surface area contributed by atoms with Crippen LogP contribution in [0.3, 0.4) is 0 Å². The molecule has 1 aliphatic rings. The lowest BCUT2D eigenvalue weighted by molar-refractivity contribution is 0.346. The van der Waals surface area contributed by atoms with E-state index >= 15 is 0 Å². The van der Waals surface area contributed by atoms with Gasteiger partial charge in [-0.15, -0.1) is 0 Å². The summed E-state index contributed by atoms with van der Waals surface area (Å²) in [5.41, 5.74) is 0.758. The Hall–Kier alpha value is -1.92. The number of nitrogens with zero attached hydrogens (tertiary/aromatic N) is 2. The molecule has 0 amide bonds. The van der Waals surface area contributed by atoms with E-state index in [0.717, 1.165) is 24.8 Å². The Morgan fingerprint density at radius 1 is 0.913 bits per heavy atom. The Kier molecular flexibility index (Phi) is 4.63. The zero-order valence-corrected chi connectivity index (χ0v) is 13.7. The van der Waals surface area contributed by atoms with Gasteiger partial charge in [0, 0.05) is 25.4 Å². The van der Waals surface area contributed by atoms with Crippen molar-refractivity contribution < 1.29 is 8.42 Å². The van der Waals surface area contributed by atoms with E-state index in [4.69, 9.17) is 0 Å². The molecular weight excluding hydrogens is 312 g/mol. The molecule has 1 saturated heterocycles. The van der Waals surface area contributed by atoms with Crippen molar-refractivity contribution in [1.82, 2.24) is 8.87 Å². The molecule has 5 nitrogen and oxygen atoms in total. The SMILES string of the molecule is O=c1ccc(S(=O)(=O)N2CCCCC2)cn1Cc1ccccc1. The van der Waals surface area contributed by atoms with Gasteiger partial charge in [0.1, 0.15) is 0 Å². The first-order valence-electron chi connectivity index (χ1n) is 7.82. The summed E-state index contributed by atoms with van der Waals surface area (Å²) in [5, 5.41) is 0. The topological polar surface area (TPSA) is 59.4 Å². The summed E-state index contributed by atoms with van der Waals surface area (Å²) in [4.78, 5) is 12.2. The van der Waals surface area contributed by atoms with Crippen molar-refractivity contribution in [3.63, 3.8) is 0 Å². The van der Waals surface area contributed by atoms with Crippen LogP contribution >= 0.6 is 0 Å². The summed E-state index contributed by atoms with van der Waals surface area (Å²) in [6.45, 7) is 1.48. The summed E-state index contributed by atoms with van der Waals surface area (Å²) >= 11 is 0. The highest BCUT2D eigenvalue weighted by atomic mass is 32.2. The van der Waals surface area contributed by atoms with Gasteiger partial charge in [-0.1, -0.05) is 36.8 Å². The van der Waals surface area contributed by atoms with E-state index in [1.165, 1.54) is 27.2 Å². The number of aromatic nitrogens is 1. The minimum atomic E-state index is -3.52. The van der Waals surface area contributed by atoms with E-state index < -0.39 is 10.0 Å². The summed E-state index contributed by atoms with van der Waals surface area (Å²) in [5.74, 6) is 0. The largest absolute Gasteiger partial charge is 0.310 e. The predicted molar refractivity (Wildman–Crippen MR) is 88.9 cm³/mol. The lowest BCUT2D eigenvalue weighted by atomic mass is 10.2. The first-order chi connectivity index (χ1) is 11.1. The molecule has 1 fully saturated rings. The quantitative estimate of drug-likeness (QED) is 0.861. The maximum absolute atomic E-state index is 12.7. The Bertz CT molecular complexity index is 822. The van der Waals surface area contributed by atoms with E-state index in [9.17, 15) is 13.2 Å². The molecular formula is C17H20N2O3S. The van der Waals surface area contributed by atoms with Crippen LogP contribution in [0.15, 0.2) is 58.4 Å². The molecule has 1 aromatic carbocycles. The van der Waals surface area contributed by atoms with Crippen LogP contribution < -0.4 is 5.56 Å². The number of benzene rings is 1. The van der Waals surface area contributed by atoms with Crippen molar-refractivity contribution in [2.24, 2.45) is 0 Å². The highest BCUT2D eigenvalue weighted by molar-refractivity contribution is 7.89. The van der Waals surface area contributed by atoms with E-state index in [1.54, 1.807) is 0 Å². The molecule has 3 rings (SSSR count). The third kappa shape index (κ3) is 3.54. The fourth-order valence-corrected chi connectivity index (χ4v) is 4.36. The first kappa shape index (κ1) is 16.0. The average molecular weight is 332 g/mol.